The first-order chi connectivity index (χ1) is 11.5. The molecule has 0 saturated carbocycles. The summed E-state index contributed by atoms with van der Waals surface area (Å²) in [6.07, 6.45) is 0.995. The lowest BCUT2D eigenvalue weighted by atomic mass is 10.2. The molecular weight excluding hydrogens is 316 g/mol. The number of esters is 3. The molecule has 0 aliphatic carbocycles. The van der Waals surface area contributed by atoms with Crippen molar-refractivity contribution in [2.75, 3.05) is 13.7 Å². The zero-order chi connectivity index (χ0) is 17.9. The molecule has 0 aliphatic heterocycles. The van der Waals surface area contributed by atoms with Gasteiger partial charge in [0.05, 0.1) is 13.7 Å². The van der Waals surface area contributed by atoms with Crippen LogP contribution in [0, 0.1) is 0 Å². The summed E-state index contributed by atoms with van der Waals surface area (Å²) in [5, 5.41) is 0. The standard InChI is InChI=1S/C17H20O7/c1-4-14(24-16(19)11-10-15(18)22-5-2)17(20)23-13-8-6-12(21-3)7-9-13/h6-11,14H,4-5H2,1-3H3/b11-10-. The van der Waals surface area contributed by atoms with E-state index in [1.54, 1.807) is 38.1 Å². The van der Waals surface area contributed by atoms with E-state index in [9.17, 15) is 14.4 Å². The van der Waals surface area contributed by atoms with Gasteiger partial charge in [-0.15, -0.1) is 0 Å². The fraction of sp³-hybridized carbons (Fsp3) is 0.353. The van der Waals surface area contributed by atoms with Crippen molar-refractivity contribution in [2.24, 2.45) is 0 Å². The molecule has 0 aromatic heterocycles. The Balaban J connectivity index is 2.59. The Morgan fingerprint density at radius 3 is 2.12 bits per heavy atom. The summed E-state index contributed by atoms with van der Waals surface area (Å²) in [4.78, 5) is 34.8. The third kappa shape index (κ3) is 6.51. The molecule has 0 saturated heterocycles. The number of ether oxygens (including phenoxy) is 4. The highest BCUT2D eigenvalue weighted by atomic mass is 16.6. The quantitative estimate of drug-likeness (QED) is 0.408. The molecule has 0 radical (unpaired) electrons. The van der Waals surface area contributed by atoms with Crippen LogP contribution < -0.4 is 9.47 Å². The molecule has 1 aromatic carbocycles. The normalized spacial score (nSPS) is 11.6. The predicted octanol–water partition coefficient (Wildman–Crippen LogP) is 2.04. The van der Waals surface area contributed by atoms with Crippen LogP contribution in [0.2, 0.25) is 0 Å². The second-order valence-electron chi connectivity index (χ2n) is 4.52. The van der Waals surface area contributed by atoms with Gasteiger partial charge in [0.15, 0.2) is 6.10 Å². The third-order valence-electron chi connectivity index (χ3n) is 2.81. The van der Waals surface area contributed by atoms with Gasteiger partial charge < -0.3 is 18.9 Å². The maximum atomic E-state index is 12.0. The van der Waals surface area contributed by atoms with Gasteiger partial charge in [0.2, 0.25) is 0 Å². The van der Waals surface area contributed by atoms with Crippen molar-refractivity contribution in [1.82, 2.24) is 0 Å². The zero-order valence-electron chi connectivity index (χ0n) is 13.8. The number of hydrogen-bond donors (Lipinski definition) is 0. The first kappa shape index (κ1) is 19.2. The Morgan fingerprint density at radius 2 is 1.58 bits per heavy atom. The topological polar surface area (TPSA) is 88.1 Å². The van der Waals surface area contributed by atoms with E-state index in [2.05, 4.69) is 4.74 Å². The highest BCUT2D eigenvalue weighted by Crippen LogP contribution is 2.18. The van der Waals surface area contributed by atoms with E-state index in [0.717, 1.165) is 12.2 Å². The summed E-state index contributed by atoms with van der Waals surface area (Å²) in [7, 11) is 1.53. The minimum Gasteiger partial charge on any atom is -0.497 e. The number of benzene rings is 1. The molecule has 0 spiro atoms. The van der Waals surface area contributed by atoms with Crippen molar-refractivity contribution in [3.05, 3.63) is 36.4 Å². The summed E-state index contributed by atoms with van der Waals surface area (Å²) in [5.74, 6) is -1.28. The molecule has 7 heteroatoms. The van der Waals surface area contributed by atoms with Crippen LogP contribution in [-0.4, -0.2) is 37.7 Å². The average Bonchev–Trinajstić information content (AvgIpc) is 2.58. The largest absolute Gasteiger partial charge is 0.497 e. The van der Waals surface area contributed by atoms with Crippen LogP contribution in [0.1, 0.15) is 20.3 Å². The van der Waals surface area contributed by atoms with E-state index in [4.69, 9.17) is 14.2 Å². The molecule has 1 rings (SSSR count). The lowest BCUT2D eigenvalue weighted by molar-refractivity contribution is -0.159. The number of carbonyl (C=O) groups is 3. The van der Waals surface area contributed by atoms with E-state index < -0.39 is 24.0 Å². The summed E-state index contributed by atoms with van der Waals surface area (Å²) in [6.45, 7) is 3.51. The molecule has 0 amide bonds. The molecule has 1 aromatic rings. The first-order valence-corrected chi connectivity index (χ1v) is 7.41. The molecule has 1 unspecified atom stereocenters. The van der Waals surface area contributed by atoms with Crippen molar-refractivity contribution < 1.29 is 33.3 Å². The van der Waals surface area contributed by atoms with Gasteiger partial charge in [0.25, 0.3) is 0 Å². The van der Waals surface area contributed by atoms with Crippen molar-refractivity contribution in [3.63, 3.8) is 0 Å². The maximum Gasteiger partial charge on any atom is 0.352 e. The second-order valence-corrected chi connectivity index (χ2v) is 4.52. The number of rotatable bonds is 8. The smallest absolute Gasteiger partial charge is 0.352 e. The van der Waals surface area contributed by atoms with Gasteiger partial charge in [-0.2, -0.15) is 0 Å². The Morgan fingerprint density at radius 1 is 1.00 bits per heavy atom. The zero-order valence-corrected chi connectivity index (χ0v) is 13.8. The Hall–Kier alpha value is -2.83. The molecule has 130 valence electrons. The summed E-state index contributed by atoms with van der Waals surface area (Å²) in [5.41, 5.74) is 0. The van der Waals surface area contributed by atoms with Crippen LogP contribution in [0.3, 0.4) is 0 Å². The van der Waals surface area contributed by atoms with Gasteiger partial charge in [-0.1, -0.05) is 6.92 Å². The minimum atomic E-state index is -1.08. The van der Waals surface area contributed by atoms with Crippen molar-refractivity contribution >= 4 is 17.9 Å². The van der Waals surface area contributed by atoms with Crippen LogP contribution in [0.15, 0.2) is 36.4 Å². The Bertz CT molecular complexity index is 589. The van der Waals surface area contributed by atoms with Crippen LogP contribution in [0.5, 0.6) is 11.5 Å². The van der Waals surface area contributed by atoms with Gasteiger partial charge in [-0.3, -0.25) is 0 Å². The fourth-order valence-corrected chi connectivity index (χ4v) is 1.63. The number of carbonyl (C=O) groups excluding carboxylic acids is 3. The molecule has 0 aliphatic rings. The van der Waals surface area contributed by atoms with Crippen molar-refractivity contribution in [2.45, 2.75) is 26.4 Å². The highest BCUT2D eigenvalue weighted by Gasteiger charge is 2.22. The average molecular weight is 336 g/mol. The molecule has 0 fully saturated rings. The number of methoxy groups -OCH3 is 1. The molecule has 0 heterocycles. The summed E-state index contributed by atoms with van der Waals surface area (Å²) in [6, 6.07) is 6.40. The summed E-state index contributed by atoms with van der Waals surface area (Å²) < 4.78 is 19.8. The van der Waals surface area contributed by atoms with Gasteiger partial charge in [0, 0.05) is 12.2 Å². The summed E-state index contributed by atoms with van der Waals surface area (Å²) >= 11 is 0. The van der Waals surface area contributed by atoms with Crippen molar-refractivity contribution in [1.29, 1.82) is 0 Å². The SMILES string of the molecule is CCOC(=O)/C=C\C(=O)OC(CC)C(=O)Oc1ccc(OC)cc1. The number of hydrogen-bond acceptors (Lipinski definition) is 7. The lowest BCUT2D eigenvalue weighted by Crippen LogP contribution is -2.30. The molecule has 7 nitrogen and oxygen atoms in total. The fourth-order valence-electron chi connectivity index (χ4n) is 1.63. The predicted molar refractivity (Wildman–Crippen MR) is 84.6 cm³/mol. The maximum absolute atomic E-state index is 12.0. The molecule has 0 N–H and O–H groups in total. The molecule has 0 bridgehead atoms. The van der Waals surface area contributed by atoms with Gasteiger partial charge >= 0.3 is 17.9 Å². The van der Waals surface area contributed by atoms with Gasteiger partial charge in [0.1, 0.15) is 11.5 Å². The van der Waals surface area contributed by atoms with E-state index in [1.807, 2.05) is 0 Å². The molecule has 1 atom stereocenters. The highest BCUT2D eigenvalue weighted by molar-refractivity contribution is 5.92. The minimum absolute atomic E-state index is 0.198. The molecular formula is C17H20O7. The third-order valence-corrected chi connectivity index (χ3v) is 2.81. The Labute approximate surface area is 140 Å². The van der Waals surface area contributed by atoms with E-state index in [1.165, 1.54) is 7.11 Å². The lowest BCUT2D eigenvalue weighted by Gasteiger charge is -2.14. The van der Waals surface area contributed by atoms with Crippen LogP contribution in [0.4, 0.5) is 0 Å². The first-order valence-electron chi connectivity index (χ1n) is 7.41. The van der Waals surface area contributed by atoms with E-state index >= 15 is 0 Å². The monoisotopic (exact) mass is 336 g/mol. The van der Waals surface area contributed by atoms with Gasteiger partial charge in [-0.05, 0) is 37.6 Å². The van der Waals surface area contributed by atoms with Crippen LogP contribution in [0.25, 0.3) is 0 Å². The van der Waals surface area contributed by atoms with Crippen molar-refractivity contribution in [3.8, 4) is 11.5 Å². The van der Waals surface area contributed by atoms with Crippen LogP contribution in [-0.2, 0) is 23.9 Å². The second kappa shape index (κ2) is 10.0. The van der Waals surface area contributed by atoms with E-state index in [-0.39, 0.29) is 13.0 Å². The Kier molecular flexibility index (Phi) is 8.04. The van der Waals surface area contributed by atoms with Crippen LogP contribution >= 0.6 is 0 Å². The van der Waals surface area contributed by atoms with Gasteiger partial charge in [-0.25, -0.2) is 14.4 Å². The molecule has 24 heavy (non-hydrogen) atoms. The van der Waals surface area contributed by atoms with E-state index in [0.29, 0.717) is 11.5 Å².